The smallest absolute Gasteiger partial charge is 0.310 e. The molecule has 0 fully saturated rings. The van der Waals surface area contributed by atoms with Gasteiger partial charge in [0.25, 0.3) is 0 Å². The average molecular weight is 330 g/mol. The molecule has 0 saturated carbocycles. The van der Waals surface area contributed by atoms with Gasteiger partial charge in [-0.05, 0) is 28.8 Å². The van der Waals surface area contributed by atoms with Crippen LogP contribution >= 0.6 is 15.9 Å². The summed E-state index contributed by atoms with van der Waals surface area (Å²) in [5.74, 6) is -1.24. The number of hydrogen-bond donors (Lipinski definition) is 2. The van der Waals surface area contributed by atoms with Gasteiger partial charge in [-0.3, -0.25) is 9.59 Å². The van der Waals surface area contributed by atoms with E-state index >= 15 is 0 Å². The first kappa shape index (κ1) is 15.6. The molecule has 19 heavy (non-hydrogen) atoms. The Morgan fingerprint density at radius 2 is 2.05 bits per heavy atom. The number of carboxylic acids is 1. The molecule has 7 heteroatoms. The Kier molecular flexibility index (Phi) is 4.99. The summed E-state index contributed by atoms with van der Waals surface area (Å²) < 4.78 is 0.558. The highest BCUT2D eigenvalue weighted by atomic mass is 79.9. The highest BCUT2D eigenvalue weighted by Gasteiger charge is 2.38. The van der Waals surface area contributed by atoms with Crippen LogP contribution in [0.2, 0.25) is 0 Å². The van der Waals surface area contributed by atoms with E-state index in [0.717, 1.165) is 0 Å². The van der Waals surface area contributed by atoms with Crippen molar-refractivity contribution in [3.8, 4) is 0 Å². The maximum absolute atomic E-state index is 11.9. The zero-order valence-electron chi connectivity index (χ0n) is 11.0. The Balaban J connectivity index is 2.74. The number of nitrogens with zero attached hydrogens (tertiary/aromatic N) is 2. The number of nitrogens with one attached hydrogen (secondary N) is 1. The molecular formula is C12H16BrN3O3. The van der Waals surface area contributed by atoms with Crippen LogP contribution in [0.15, 0.2) is 17.0 Å². The van der Waals surface area contributed by atoms with Gasteiger partial charge in [0.05, 0.1) is 17.8 Å². The first-order chi connectivity index (χ1) is 8.75. The van der Waals surface area contributed by atoms with Crippen molar-refractivity contribution >= 4 is 33.6 Å². The van der Waals surface area contributed by atoms with Crippen LogP contribution in [0.4, 0.5) is 5.82 Å². The third-order valence-electron chi connectivity index (χ3n) is 3.18. The molecule has 2 N–H and O–H groups in total. The van der Waals surface area contributed by atoms with Crippen molar-refractivity contribution in [2.45, 2.75) is 27.2 Å². The summed E-state index contributed by atoms with van der Waals surface area (Å²) in [5, 5.41) is 11.8. The molecule has 0 radical (unpaired) electrons. The van der Waals surface area contributed by atoms with E-state index in [1.165, 1.54) is 12.4 Å². The second-order valence-corrected chi connectivity index (χ2v) is 5.64. The topological polar surface area (TPSA) is 92.2 Å². The van der Waals surface area contributed by atoms with Crippen LogP contribution in [-0.4, -0.2) is 27.0 Å². The van der Waals surface area contributed by atoms with Crippen LogP contribution in [0.3, 0.4) is 0 Å². The van der Waals surface area contributed by atoms with E-state index in [1.807, 2.05) is 0 Å². The third-order valence-corrected chi connectivity index (χ3v) is 3.59. The van der Waals surface area contributed by atoms with Gasteiger partial charge in [-0.2, -0.15) is 0 Å². The van der Waals surface area contributed by atoms with Crippen LogP contribution in [-0.2, 0) is 9.59 Å². The number of carbonyl (C=O) groups excluding carboxylic acids is 1. The Hall–Kier alpha value is -1.50. The van der Waals surface area contributed by atoms with Crippen molar-refractivity contribution in [2.24, 2.45) is 11.3 Å². The molecule has 1 heterocycles. The summed E-state index contributed by atoms with van der Waals surface area (Å²) in [6.45, 7) is 5.12. The fraction of sp³-hybridized carbons (Fsp3) is 0.500. The standard InChI is InChI=1S/C12H16BrN3O3/c1-7(2)12(3,11(18)19)4-10(17)16-9-6-14-8(13)5-15-9/h5-7H,4H2,1-3H3,(H,18,19)(H,15,16,17). The van der Waals surface area contributed by atoms with Crippen LogP contribution in [0.25, 0.3) is 0 Å². The normalized spacial score (nSPS) is 13.9. The molecule has 0 bridgehead atoms. The number of anilines is 1. The molecule has 1 aromatic rings. The molecule has 1 aromatic heterocycles. The van der Waals surface area contributed by atoms with Crippen molar-refractivity contribution in [1.82, 2.24) is 9.97 Å². The van der Waals surface area contributed by atoms with Crippen LogP contribution < -0.4 is 5.32 Å². The minimum atomic E-state index is -1.10. The Morgan fingerprint density at radius 1 is 1.42 bits per heavy atom. The number of aromatic nitrogens is 2. The number of halogens is 1. The fourth-order valence-corrected chi connectivity index (χ4v) is 1.63. The monoisotopic (exact) mass is 329 g/mol. The van der Waals surface area contributed by atoms with Gasteiger partial charge in [0, 0.05) is 6.42 Å². The molecule has 0 aromatic carbocycles. The number of amides is 1. The minimum absolute atomic E-state index is 0.113. The number of aliphatic carboxylic acids is 1. The van der Waals surface area contributed by atoms with E-state index in [2.05, 4.69) is 31.2 Å². The van der Waals surface area contributed by atoms with Gasteiger partial charge in [0.2, 0.25) is 5.91 Å². The summed E-state index contributed by atoms with van der Waals surface area (Å²) in [6.07, 6.45) is 2.74. The third kappa shape index (κ3) is 3.99. The average Bonchev–Trinajstić information content (AvgIpc) is 2.31. The molecule has 104 valence electrons. The van der Waals surface area contributed by atoms with Crippen LogP contribution in [0, 0.1) is 11.3 Å². The van der Waals surface area contributed by atoms with Gasteiger partial charge < -0.3 is 10.4 Å². The van der Waals surface area contributed by atoms with Gasteiger partial charge in [-0.25, -0.2) is 9.97 Å². The van der Waals surface area contributed by atoms with E-state index < -0.39 is 17.3 Å². The molecular weight excluding hydrogens is 314 g/mol. The van der Waals surface area contributed by atoms with Gasteiger partial charge in [-0.1, -0.05) is 13.8 Å². The predicted octanol–water partition coefficient (Wildman–Crippen LogP) is 2.31. The maximum Gasteiger partial charge on any atom is 0.310 e. The van der Waals surface area contributed by atoms with Crippen molar-refractivity contribution in [2.75, 3.05) is 5.32 Å². The largest absolute Gasteiger partial charge is 0.481 e. The van der Waals surface area contributed by atoms with Crippen molar-refractivity contribution < 1.29 is 14.7 Å². The van der Waals surface area contributed by atoms with Gasteiger partial charge >= 0.3 is 5.97 Å². The van der Waals surface area contributed by atoms with Crippen LogP contribution in [0.1, 0.15) is 27.2 Å². The van der Waals surface area contributed by atoms with E-state index in [4.69, 9.17) is 0 Å². The zero-order valence-corrected chi connectivity index (χ0v) is 12.6. The van der Waals surface area contributed by atoms with Crippen molar-refractivity contribution in [1.29, 1.82) is 0 Å². The second kappa shape index (κ2) is 6.10. The van der Waals surface area contributed by atoms with Crippen molar-refractivity contribution in [3.05, 3.63) is 17.0 Å². The fourth-order valence-electron chi connectivity index (χ4n) is 1.42. The van der Waals surface area contributed by atoms with E-state index in [0.29, 0.717) is 10.4 Å². The molecule has 1 rings (SSSR count). The van der Waals surface area contributed by atoms with Gasteiger partial charge in [0.15, 0.2) is 5.82 Å². The molecule has 6 nitrogen and oxygen atoms in total. The first-order valence-corrected chi connectivity index (χ1v) is 6.56. The Morgan fingerprint density at radius 3 is 2.47 bits per heavy atom. The summed E-state index contributed by atoms with van der Waals surface area (Å²) in [6, 6.07) is 0. The van der Waals surface area contributed by atoms with Crippen LogP contribution in [0.5, 0.6) is 0 Å². The molecule has 0 aliphatic rings. The lowest BCUT2D eigenvalue weighted by atomic mass is 9.76. The molecule has 0 aliphatic carbocycles. The summed E-state index contributed by atoms with van der Waals surface area (Å²) in [4.78, 5) is 31.0. The highest BCUT2D eigenvalue weighted by molar-refractivity contribution is 9.10. The number of carbonyl (C=O) groups is 2. The lowest BCUT2D eigenvalue weighted by Crippen LogP contribution is -2.37. The Labute approximate surface area is 119 Å². The van der Waals surface area contributed by atoms with Gasteiger partial charge in [0.1, 0.15) is 4.60 Å². The second-order valence-electron chi connectivity index (χ2n) is 4.83. The molecule has 1 amide bonds. The summed E-state index contributed by atoms with van der Waals surface area (Å²) >= 11 is 3.13. The molecule has 1 atom stereocenters. The molecule has 0 saturated heterocycles. The predicted molar refractivity (Wildman–Crippen MR) is 73.6 cm³/mol. The number of carboxylic acid groups (broad SMARTS) is 1. The minimum Gasteiger partial charge on any atom is -0.481 e. The first-order valence-electron chi connectivity index (χ1n) is 5.76. The quantitative estimate of drug-likeness (QED) is 0.864. The lowest BCUT2D eigenvalue weighted by Gasteiger charge is -2.28. The summed E-state index contributed by atoms with van der Waals surface area (Å²) in [5.41, 5.74) is -1.10. The van der Waals surface area contributed by atoms with Gasteiger partial charge in [-0.15, -0.1) is 0 Å². The van der Waals surface area contributed by atoms with E-state index in [9.17, 15) is 14.7 Å². The lowest BCUT2D eigenvalue weighted by molar-refractivity contribution is -0.153. The molecule has 1 unspecified atom stereocenters. The zero-order chi connectivity index (χ0) is 14.6. The SMILES string of the molecule is CC(C)C(C)(CC(=O)Nc1cnc(Br)cn1)C(=O)O. The highest BCUT2D eigenvalue weighted by Crippen LogP contribution is 2.31. The van der Waals surface area contributed by atoms with E-state index in [-0.39, 0.29) is 12.3 Å². The summed E-state index contributed by atoms with van der Waals surface area (Å²) in [7, 11) is 0. The maximum atomic E-state index is 11.9. The van der Waals surface area contributed by atoms with Crippen molar-refractivity contribution in [3.63, 3.8) is 0 Å². The number of rotatable bonds is 5. The van der Waals surface area contributed by atoms with E-state index in [1.54, 1.807) is 20.8 Å². The number of hydrogen-bond acceptors (Lipinski definition) is 4. The Bertz CT molecular complexity index is 476. The molecule has 0 spiro atoms. The molecule has 0 aliphatic heterocycles.